The molecule has 0 aromatic carbocycles. The van der Waals surface area contributed by atoms with Gasteiger partial charge in [-0.25, -0.2) is 8.78 Å². The van der Waals surface area contributed by atoms with Crippen LogP contribution in [-0.4, -0.2) is 22.7 Å². The van der Waals surface area contributed by atoms with Gasteiger partial charge in [0.15, 0.2) is 0 Å². The molecule has 0 atom stereocenters. The van der Waals surface area contributed by atoms with E-state index in [2.05, 4.69) is 9.72 Å². The second-order valence-electron chi connectivity index (χ2n) is 3.40. The van der Waals surface area contributed by atoms with Crippen LogP contribution in [0.25, 0.3) is 0 Å². The van der Waals surface area contributed by atoms with Gasteiger partial charge in [-0.15, -0.1) is 11.6 Å². The van der Waals surface area contributed by atoms with Crippen LogP contribution in [0, 0.1) is 0 Å². The topological polar surface area (TPSA) is 59.4 Å². The van der Waals surface area contributed by atoms with Gasteiger partial charge in [-0.1, -0.05) is 0 Å². The average Bonchev–Trinajstić information content (AvgIpc) is 2.31. The van der Waals surface area contributed by atoms with E-state index in [4.69, 9.17) is 11.6 Å². The van der Waals surface area contributed by atoms with Crippen LogP contribution in [0.4, 0.5) is 8.78 Å². The highest BCUT2D eigenvalue weighted by Gasteiger charge is 2.23. The number of ether oxygens (including phenoxy) is 1. The SMILES string of the molecule is CCOC(=O)Cc1c(O)cnc(CCl)c1C(F)F. The quantitative estimate of drug-likeness (QED) is 0.665. The van der Waals surface area contributed by atoms with Gasteiger partial charge in [0, 0.05) is 11.1 Å². The zero-order valence-electron chi connectivity index (χ0n) is 9.62. The fraction of sp³-hybridized carbons (Fsp3) is 0.455. The maximum atomic E-state index is 12.9. The predicted molar refractivity (Wildman–Crippen MR) is 60.8 cm³/mol. The molecule has 0 bridgehead atoms. The standard InChI is InChI=1S/C11H12ClF2NO3/c1-2-18-9(17)3-6-8(16)5-15-7(4-12)10(6)11(13)14/h5,11,16H,2-4H2,1H3. The predicted octanol–water partition coefficient (Wildman–Crippen LogP) is 2.57. The minimum Gasteiger partial charge on any atom is -0.506 e. The fourth-order valence-electron chi connectivity index (χ4n) is 1.50. The lowest BCUT2D eigenvalue weighted by Gasteiger charge is -2.13. The summed E-state index contributed by atoms with van der Waals surface area (Å²) in [6.07, 6.45) is -2.31. The van der Waals surface area contributed by atoms with E-state index in [1.165, 1.54) is 0 Å². The van der Waals surface area contributed by atoms with Crippen molar-refractivity contribution in [1.29, 1.82) is 0 Å². The third-order valence-electron chi connectivity index (χ3n) is 2.26. The smallest absolute Gasteiger partial charge is 0.310 e. The van der Waals surface area contributed by atoms with Crippen molar-refractivity contribution in [2.24, 2.45) is 0 Å². The van der Waals surface area contributed by atoms with Crippen LogP contribution in [0.2, 0.25) is 0 Å². The number of hydrogen-bond acceptors (Lipinski definition) is 4. The van der Waals surface area contributed by atoms with Gasteiger partial charge in [-0.05, 0) is 6.92 Å². The van der Waals surface area contributed by atoms with Gasteiger partial charge in [-0.3, -0.25) is 9.78 Å². The van der Waals surface area contributed by atoms with E-state index in [-0.39, 0.29) is 23.7 Å². The molecule has 0 aliphatic rings. The van der Waals surface area contributed by atoms with Crippen LogP contribution >= 0.6 is 11.6 Å². The number of halogens is 3. The molecule has 7 heteroatoms. The van der Waals surface area contributed by atoms with Crippen molar-refractivity contribution in [2.45, 2.75) is 25.7 Å². The molecular weight excluding hydrogens is 268 g/mol. The molecule has 0 aliphatic heterocycles. The van der Waals surface area contributed by atoms with Crippen molar-refractivity contribution in [3.8, 4) is 5.75 Å². The molecule has 4 nitrogen and oxygen atoms in total. The van der Waals surface area contributed by atoms with Crippen LogP contribution in [0.1, 0.15) is 30.2 Å². The molecule has 0 fully saturated rings. The average molecular weight is 280 g/mol. The number of pyridine rings is 1. The van der Waals surface area contributed by atoms with Gasteiger partial charge in [0.05, 0.1) is 30.8 Å². The molecule has 100 valence electrons. The lowest BCUT2D eigenvalue weighted by Crippen LogP contribution is -2.11. The summed E-state index contributed by atoms with van der Waals surface area (Å²) in [6, 6.07) is 0. The molecule has 1 aromatic heterocycles. The van der Waals surface area contributed by atoms with E-state index in [1.54, 1.807) is 6.92 Å². The number of nitrogens with zero attached hydrogens (tertiary/aromatic N) is 1. The molecule has 0 aliphatic carbocycles. The number of aromatic nitrogens is 1. The number of hydrogen-bond donors (Lipinski definition) is 1. The third kappa shape index (κ3) is 3.29. The van der Waals surface area contributed by atoms with Crippen LogP contribution in [-0.2, 0) is 21.8 Å². The lowest BCUT2D eigenvalue weighted by molar-refractivity contribution is -0.142. The highest BCUT2D eigenvalue weighted by Crippen LogP contribution is 2.32. The van der Waals surface area contributed by atoms with E-state index in [0.29, 0.717) is 0 Å². The van der Waals surface area contributed by atoms with Crippen LogP contribution < -0.4 is 0 Å². The Kier molecular flexibility index (Phi) is 5.27. The van der Waals surface area contributed by atoms with Crippen molar-refractivity contribution in [2.75, 3.05) is 6.61 Å². The maximum absolute atomic E-state index is 12.9. The first-order chi connectivity index (χ1) is 8.51. The second-order valence-corrected chi connectivity index (χ2v) is 3.67. The Balaban J connectivity index is 3.18. The summed E-state index contributed by atoms with van der Waals surface area (Å²) in [5.74, 6) is -1.39. The third-order valence-corrected chi connectivity index (χ3v) is 2.51. The molecule has 0 amide bonds. The summed E-state index contributed by atoms with van der Waals surface area (Å²) in [4.78, 5) is 14.9. The summed E-state index contributed by atoms with van der Waals surface area (Å²) < 4.78 is 30.5. The first-order valence-corrected chi connectivity index (χ1v) is 5.74. The Labute approximate surface area is 108 Å². The first-order valence-electron chi connectivity index (χ1n) is 5.20. The van der Waals surface area contributed by atoms with E-state index < -0.39 is 30.1 Å². The molecule has 1 aromatic rings. The Bertz CT molecular complexity index is 441. The Morgan fingerprint density at radius 1 is 1.61 bits per heavy atom. The first kappa shape index (κ1) is 14.6. The number of alkyl halides is 3. The number of esters is 1. The van der Waals surface area contributed by atoms with Gasteiger partial charge in [0.25, 0.3) is 6.43 Å². The van der Waals surface area contributed by atoms with E-state index in [1.807, 2.05) is 0 Å². The van der Waals surface area contributed by atoms with Gasteiger partial charge < -0.3 is 9.84 Å². The highest BCUT2D eigenvalue weighted by atomic mass is 35.5. The molecule has 0 saturated carbocycles. The monoisotopic (exact) mass is 279 g/mol. The Morgan fingerprint density at radius 2 is 2.28 bits per heavy atom. The van der Waals surface area contributed by atoms with E-state index >= 15 is 0 Å². The number of carbonyl (C=O) groups excluding carboxylic acids is 1. The Hall–Kier alpha value is -1.43. The zero-order valence-corrected chi connectivity index (χ0v) is 10.4. The van der Waals surface area contributed by atoms with E-state index in [0.717, 1.165) is 6.20 Å². The van der Waals surface area contributed by atoms with Crippen LogP contribution in [0.5, 0.6) is 5.75 Å². The molecule has 0 saturated heterocycles. The highest BCUT2D eigenvalue weighted by molar-refractivity contribution is 6.17. The van der Waals surface area contributed by atoms with E-state index in [9.17, 15) is 18.7 Å². The van der Waals surface area contributed by atoms with Crippen molar-refractivity contribution >= 4 is 17.6 Å². The molecule has 0 spiro atoms. The maximum Gasteiger partial charge on any atom is 0.310 e. The van der Waals surface area contributed by atoms with Crippen molar-refractivity contribution in [3.05, 3.63) is 23.0 Å². The minimum absolute atomic E-state index is 0.0521. The zero-order chi connectivity index (χ0) is 13.7. The van der Waals surface area contributed by atoms with Crippen LogP contribution in [0.15, 0.2) is 6.20 Å². The second kappa shape index (κ2) is 6.49. The normalized spacial score (nSPS) is 10.7. The number of carbonyl (C=O) groups is 1. The van der Waals surface area contributed by atoms with Gasteiger partial charge in [0.2, 0.25) is 0 Å². The summed E-state index contributed by atoms with van der Waals surface area (Å²) in [6.45, 7) is 1.74. The van der Waals surface area contributed by atoms with Gasteiger partial charge in [-0.2, -0.15) is 0 Å². The molecule has 0 radical (unpaired) electrons. The lowest BCUT2D eigenvalue weighted by atomic mass is 10.0. The Morgan fingerprint density at radius 3 is 2.78 bits per heavy atom. The molecule has 1 N–H and O–H groups in total. The van der Waals surface area contributed by atoms with Crippen molar-refractivity contribution in [3.63, 3.8) is 0 Å². The van der Waals surface area contributed by atoms with Crippen molar-refractivity contribution in [1.82, 2.24) is 4.98 Å². The summed E-state index contributed by atoms with van der Waals surface area (Å²) in [7, 11) is 0. The molecular formula is C11H12ClF2NO3. The van der Waals surface area contributed by atoms with Gasteiger partial charge in [0.1, 0.15) is 5.75 Å². The summed E-state index contributed by atoms with van der Waals surface area (Å²) >= 11 is 5.50. The fourth-order valence-corrected chi connectivity index (χ4v) is 1.72. The number of rotatable bonds is 5. The molecule has 1 rings (SSSR count). The van der Waals surface area contributed by atoms with Crippen molar-refractivity contribution < 1.29 is 23.4 Å². The molecule has 18 heavy (non-hydrogen) atoms. The summed E-state index contributed by atoms with van der Waals surface area (Å²) in [5.41, 5.74) is -0.740. The minimum atomic E-state index is -2.87. The molecule has 0 unspecified atom stereocenters. The van der Waals surface area contributed by atoms with Crippen LogP contribution in [0.3, 0.4) is 0 Å². The van der Waals surface area contributed by atoms with Gasteiger partial charge >= 0.3 is 5.97 Å². The largest absolute Gasteiger partial charge is 0.506 e. The molecule has 1 heterocycles. The number of aromatic hydroxyl groups is 1. The summed E-state index contributed by atoms with van der Waals surface area (Å²) in [5, 5.41) is 9.53.